The Bertz CT molecular complexity index is 626. The second-order valence-electron chi connectivity index (χ2n) is 4.65. The fraction of sp³-hybridized carbons (Fsp3) is 0.200. The minimum absolute atomic E-state index is 0.0147. The normalized spacial score (nSPS) is 12.2. The smallest absolute Gasteiger partial charge is 0.269 e. The van der Waals surface area contributed by atoms with Crippen molar-refractivity contribution in [2.24, 2.45) is 0 Å². The van der Waals surface area contributed by atoms with Crippen LogP contribution in [0.3, 0.4) is 0 Å². The molecule has 1 atom stereocenters. The van der Waals surface area contributed by atoms with Crippen molar-refractivity contribution >= 4 is 5.69 Å². The van der Waals surface area contributed by atoms with E-state index in [0.717, 1.165) is 5.56 Å². The number of hydrogen-bond donors (Lipinski definition) is 1. The van der Waals surface area contributed by atoms with Crippen molar-refractivity contribution in [1.29, 1.82) is 0 Å². The van der Waals surface area contributed by atoms with E-state index in [0.29, 0.717) is 17.5 Å². The first-order chi connectivity index (χ1) is 9.47. The van der Waals surface area contributed by atoms with Crippen LogP contribution in [-0.2, 0) is 6.42 Å². The molecule has 0 aliphatic heterocycles. The Morgan fingerprint density at radius 2 is 1.90 bits per heavy atom. The van der Waals surface area contributed by atoms with E-state index in [9.17, 15) is 19.6 Å². The number of hydrogen-bond acceptors (Lipinski definition) is 3. The van der Waals surface area contributed by atoms with Crippen LogP contribution in [0.25, 0.3) is 0 Å². The molecule has 5 heteroatoms. The number of aryl methyl sites for hydroxylation is 1. The van der Waals surface area contributed by atoms with Gasteiger partial charge in [-0.2, -0.15) is 0 Å². The zero-order chi connectivity index (χ0) is 14.7. The highest BCUT2D eigenvalue weighted by Gasteiger charge is 2.11. The van der Waals surface area contributed by atoms with Gasteiger partial charge < -0.3 is 5.11 Å². The molecule has 0 fully saturated rings. The summed E-state index contributed by atoms with van der Waals surface area (Å²) in [7, 11) is 0. The molecule has 0 bridgehead atoms. The number of nitrogens with zero attached hydrogens (tertiary/aromatic N) is 1. The lowest BCUT2D eigenvalue weighted by Crippen LogP contribution is -2.03. The van der Waals surface area contributed by atoms with Crippen molar-refractivity contribution in [3.05, 3.63) is 75.1 Å². The monoisotopic (exact) mass is 275 g/mol. The first kappa shape index (κ1) is 14.1. The maximum atomic E-state index is 13.2. The van der Waals surface area contributed by atoms with Gasteiger partial charge in [0.15, 0.2) is 0 Å². The third-order valence-electron chi connectivity index (χ3n) is 3.14. The summed E-state index contributed by atoms with van der Waals surface area (Å²) >= 11 is 0. The van der Waals surface area contributed by atoms with Gasteiger partial charge in [0.05, 0.1) is 11.0 Å². The van der Waals surface area contributed by atoms with Gasteiger partial charge in [-0.05, 0) is 29.7 Å². The standard InChI is InChI=1S/C15H14FNO3/c1-10-8-12(4-7-14(10)16)15(18)9-11-2-5-13(6-3-11)17(19)20/h2-8,15,18H,9H2,1H3. The second kappa shape index (κ2) is 5.79. The lowest BCUT2D eigenvalue weighted by molar-refractivity contribution is -0.384. The van der Waals surface area contributed by atoms with Crippen LogP contribution in [0.15, 0.2) is 42.5 Å². The quantitative estimate of drug-likeness (QED) is 0.687. The molecule has 0 aliphatic rings. The van der Waals surface area contributed by atoms with Crippen LogP contribution >= 0.6 is 0 Å². The number of nitro benzene ring substituents is 1. The maximum absolute atomic E-state index is 13.2. The average Bonchev–Trinajstić information content (AvgIpc) is 2.42. The maximum Gasteiger partial charge on any atom is 0.269 e. The van der Waals surface area contributed by atoms with E-state index in [4.69, 9.17) is 0 Å². The van der Waals surface area contributed by atoms with Crippen molar-refractivity contribution in [3.63, 3.8) is 0 Å². The summed E-state index contributed by atoms with van der Waals surface area (Å²) in [6.45, 7) is 1.64. The first-order valence-corrected chi connectivity index (χ1v) is 6.15. The van der Waals surface area contributed by atoms with Crippen molar-refractivity contribution in [1.82, 2.24) is 0 Å². The molecular formula is C15H14FNO3. The van der Waals surface area contributed by atoms with Crippen LogP contribution in [0.5, 0.6) is 0 Å². The molecule has 0 heterocycles. The molecule has 104 valence electrons. The van der Waals surface area contributed by atoms with Gasteiger partial charge in [0, 0.05) is 18.6 Å². The molecular weight excluding hydrogens is 261 g/mol. The Balaban J connectivity index is 2.12. The molecule has 4 nitrogen and oxygen atoms in total. The zero-order valence-electron chi connectivity index (χ0n) is 10.9. The van der Waals surface area contributed by atoms with Crippen molar-refractivity contribution in [2.75, 3.05) is 0 Å². The predicted octanol–water partition coefficient (Wildman–Crippen LogP) is 3.32. The number of aliphatic hydroxyl groups excluding tert-OH is 1. The number of aliphatic hydroxyl groups is 1. The molecule has 0 aromatic heterocycles. The van der Waals surface area contributed by atoms with Crippen LogP contribution in [0, 0.1) is 22.9 Å². The van der Waals surface area contributed by atoms with Crippen molar-refractivity contribution in [2.45, 2.75) is 19.4 Å². The lowest BCUT2D eigenvalue weighted by Gasteiger charge is -2.12. The van der Waals surface area contributed by atoms with E-state index in [1.54, 1.807) is 31.2 Å². The van der Waals surface area contributed by atoms with Gasteiger partial charge in [-0.15, -0.1) is 0 Å². The van der Waals surface area contributed by atoms with E-state index >= 15 is 0 Å². The molecule has 1 unspecified atom stereocenters. The van der Waals surface area contributed by atoms with Gasteiger partial charge in [0.2, 0.25) is 0 Å². The fourth-order valence-corrected chi connectivity index (χ4v) is 1.97. The molecule has 0 saturated heterocycles. The second-order valence-corrected chi connectivity index (χ2v) is 4.65. The number of nitro groups is 1. The summed E-state index contributed by atoms with van der Waals surface area (Å²) in [6, 6.07) is 10.5. The van der Waals surface area contributed by atoms with Crippen LogP contribution in [0.2, 0.25) is 0 Å². The van der Waals surface area contributed by atoms with E-state index < -0.39 is 11.0 Å². The summed E-state index contributed by atoms with van der Waals surface area (Å²) in [4.78, 5) is 10.1. The van der Waals surface area contributed by atoms with Crippen LogP contribution in [-0.4, -0.2) is 10.0 Å². The summed E-state index contributed by atoms with van der Waals surface area (Å²) < 4.78 is 13.2. The summed E-state index contributed by atoms with van der Waals surface area (Å²) in [6.07, 6.45) is -0.445. The Morgan fingerprint density at radius 1 is 1.25 bits per heavy atom. The summed E-state index contributed by atoms with van der Waals surface area (Å²) in [5.74, 6) is -0.309. The van der Waals surface area contributed by atoms with Crippen LogP contribution < -0.4 is 0 Å². The lowest BCUT2D eigenvalue weighted by atomic mass is 10.00. The molecule has 0 radical (unpaired) electrons. The minimum atomic E-state index is -0.768. The van der Waals surface area contributed by atoms with E-state index in [1.165, 1.54) is 18.2 Å². The van der Waals surface area contributed by atoms with Crippen molar-refractivity contribution < 1.29 is 14.4 Å². The van der Waals surface area contributed by atoms with Crippen LogP contribution in [0.1, 0.15) is 22.8 Å². The molecule has 2 aromatic rings. The van der Waals surface area contributed by atoms with Crippen molar-refractivity contribution in [3.8, 4) is 0 Å². The molecule has 2 aromatic carbocycles. The van der Waals surface area contributed by atoms with E-state index in [1.807, 2.05) is 0 Å². The molecule has 0 aliphatic carbocycles. The molecule has 20 heavy (non-hydrogen) atoms. The minimum Gasteiger partial charge on any atom is -0.388 e. The number of benzene rings is 2. The molecule has 2 rings (SSSR count). The molecule has 1 N–H and O–H groups in total. The summed E-state index contributed by atoms with van der Waals surface area (Å²) in [5.41, 5.74) is 1.90. The summed E-state index contributed by atoms with van der Waals surface area (Å²) in [5, 5.41) is 20.7. The molecule has 0 amide bonds. The molecule has 0 saturated carbocycles. The average molecular weight is 275 g/mol. The molecule has 0 spiro atoms. The van der Waals surface area contributed by atoms with Gasteiger partial charge in [-0.25, -0.2) is 4.39 Å². The topological polar surface area (TPSA) is 63.4 Å². The van der Waals surface area contributed by atoms with Gasteiger partial charge in [0.25, 0.3) is 5.69 Å². The Kier molecular flexibility index (Phi) is 4.10. The largest absolute Gasteiger partial charge is 0.388 e. The van der Waals surface area contributed by atoms with Gasteiger partial charge in [-0.3, -0.25) is 10.1 Å². The first-order valence-electron chi connectivity index (χ1n) is 6.15. The highest BCUT2D eigenvalue weighted by Crippen LogP contribution is 2.22. The Hall–Kier alpha value is -2.27. The van der Waals surface area contributed by atoms with Gasteiger partial charge >= 0.3 is 0 Å². The Labute approximate surface area is 115 Å². The zero-order valence-corrected chi connectivity index (χ0v) is 10.9. The SMILES string of the molecule is Cc1cc(C(O)Cc2ccc([N+](=O)[O-])cc2)ccc1F. The Morgan fingerprint density at radius 3 is 2.45 bits per heavy atom. The van der Waals surface area contributed by atoms with E-state index in [2.05, 4.69) is 0 Å². The predicted molar refractivity (Wildman–Crippen MR) is 72.9 cm³/mol. The number of halogens is 1. The highest BCUT2D eigenvalue weighted by atomic mass is 19.1. The van der Waals surface area contributed by atoms with Gasteiger partial charge in [-0.1, -0.05) is 24.3 Å². The van der Waals surface area contributed by atoms with E-state index in [-0.39, 0.29) is 11.5 Å². The fourth-order valence-electron chi connectivity index (χ4n) is 1.97. The van der Waals surface area contributed by atoms with Crippen LogP contribution in [0.4, 0.5) is 10.1 Å². The third-order valence-corrected chi connectivity index (χ3v) is 3.14. The highest BCUT2D eigenvalue weighted by molar-refractivity contribution is 5.34. The van der Waals surface area contributed by atoms with Gasteiger partial charge in [0.1, 0.15) is 5.82 Å². The number of non-ortho nitro benzene ring substituents is 1. The third kappa shape index (κ3) is 3.19. The number of rotatable bonds is 4.